The van der Waals surface area contributed by atoms with Crippen molar-refractivity contribution in [1.29, 1.82) is 0 Å². The Labute approximate surface area is 465 Å². The summed E-state index contributed by atoms with van der Waals surface area (Å²) < 4.78 is 0. The second kappa shape index (κ2) is 38.6. The molecule has 10 atom stereocenters. The molecule has 4 aromatic rings. The molecule has 0 saturated carbocycles. The van der Waals surface area contributed by atoms with Gasteiger partial charge in [0.1, 0.15) is 43.0 Å². The number of aromatic amines is 1. The minimum atomic E-state index is -1.63. The standard InChI is InChI=1S/C41H59N9O10S2.C9H13N.C2H4O2.CH2O/c1-23(53)32(19-51)48-40(59)34(21-62)49-41(60)35(24(2)54)50-36(55)29(14-8-9-15-42)45-38(57)31(17-26-18-43-28-13-7-6-12-27(26)28)47-37(56)30(16-25-10-4-3-5-11-25)46-39(58)33(20-61)44-22-52;1-8(10)7-9-5-3-2-4-6-9;1-2(3)4;1-2/h3-7,10-13,18,22-24,29-35,43,51,53-54,61-62H,8-9,14-17,19-21,42H2,1-2H3,(H,44,52)(H,45,57)(H,46,58)(H,47,56)(H,48,59)(H,49,60)(H,50,55);2-6,8H,7,10H2,1H3;1H3,(H,3,4);1H2/t23-,24?,29?,30?,31?,32-,33?,34?,35?;;;/m1.../s1. The van der Waals surface area contributed by atoms with Crippen molar-refractivity contribution in [3.8, 4) is 0 Å². The number of carbonyl (C=O) groups excluding carboxylic acids is 8. The number of para-hydroxylation sites is 1. The van der Waals surface area contributed by atoms with E-state index in [1.165, 1.54) is 19.4 Å². The van der Waals surface area contributed by atoms with E-state index in [2.05, 4.69) is 79.6 Å². The number of hydrogen-bond donors (Lipinski definition) is 16. The van der Waals surface area contributed by atoms with E-state index in [1.54, 1.807) is 36.5 Å². The Kier molecular flexibility index (Phi) is 34.3. The third kappa shape index (κ3) is 26.0. The zero-order valence-corrected chi connectivity index (χ0v) is 46.1. The third-order valence-corrected chi connectivity index (χ3v) is 12.1. The van der Waals surface area contributed by atoms with Gasteiger partial charge in [0, 0.05) is 54.4 Å². The number of aliphatic carboxylic acids is 1. The van der Waals surface area contributed by atoms with Crippen LogP contribution in [0.25, 0.3) is 10.9 Å². The van der Waals surface area contributed by atoms with Crippen LogP contribution in [0, 0.1) is 0 Å². The molecule has 78 heavy (non-hydrogen) atoms. The molecule has 0 bridgehead atoms. The number of rotatable bonds is 29. The molecule has 0 fully saturated rings. The first-order valence-electron chi connectivity index (χ1n) is 25.0. The van der Waals surface area contributed by atoms with E-state index >= 15 is 0 Å². The van der Waals surface area contributed by atoms with Crippen LogP contribution in [0.3, 0.4) is 0 Å². The zero-order chi connectivity index (χ0) is 58.7. The second-order valence-electron chi connectivity index (χ2n) is 17.9. The fraction of sp³-hybridized carbons (Fsp3) is 0.453. The first kappa shape index (κ1) is 69.1. The van der Waals surface area contributed by atoms with E-state index in [9.17, 15) is 48.9 Å². The lowest BCUT2D eigenvalue weighted by Crippen LogP contribution is -2.62. The quantitative estimate of drug-likeness (QED) is 0.0180. The predicted molar refractivity (Wildman–Crippen MR) is 302 cm³/mol. The minimum absolute atomic E-state index is 0.00540. The lowest BCUT2D eigenvalue weighted by atomic mass is 10.0. The molecule has 1 aromatic heterocycles. The van der Waals surface area contributed by atoms with Gasteiger partial charge in [-0.05, 0) is 75.8 Å². The lowest BCUT2D eigenvalue weighted by Gasteiger charge is -2.28. The van der Waals surface area contributed by atoms with Crippen molar-refractivity contribution in [3.05, 3.63) is 108 Å². The summed E-state index contributed by atoms with van der Waals surface area (Å²) in [6, 6.07) is 17.7. The number of thiol groups is 2. The molecule has 25 heteroatoms. The Morgan fingerprint density at radius 1 is 0.628 bits per heavy atom. The van der Waals surface area contributed by atoms with Gasteiger partial charge in [-0.2, -0.15) is 25.3 Å². The van der Waals surface area contributed by atoms with E-state index in [-0.39, 0.29) is 43.4 Å². The Morgan fingerprint density at radius 3 is 1.58 bits per heavy atom. The Hall–Kier alpha value is -6.87. The van der Waals surface area contributed by atoms with Gasteiger partial charge >= 0.3 is 0 Å². The van der Waals surface area contributed by atoms with Gasteiger partial charge in [0.2, 0.25) is 41.9 Å². The highest BCUT2D eigenvalue weighted by Gasteiger charge is 2.35. The molecule has 0 aliphatic rings. The SMILES string of the molecule is C=O.CC(=O)O.CC(N)Cc1ccccc1.CC(O)C(NC(=O)C(CCCCN)NC(=O)C(Cc1c[nH]c2ccccc12)NC(=O)C(Cc1ccccc1)NC(=O)C(CS)NC=O)C(=O)NC(CS)C(=O)N[C@H](CO)[C@@H](C)O. The van der Waals surface area contributed by atoms with Crippen molar-refractivity contribution in [3.63, 3.8) is 0 Å². The summed E-state index contributed by atoms with van der Waals surface area (Å²) in [5.74, 6) is -5.98. The zero-order valence-electron chi connectivity index (χ0n) is 44.3. The number of aliphatic hydroxyl groups is 3. The van der Waals surface area contributed by atoms with Gasteiger partial charge in [0.05, 0.1) is 24.9 Å². The highest BCUT2D eigenvalue weighted by Crippen LogP contribution is 2.20. The van der Waals surface area contributed by atoms with Gasteiger partial charge in [0.15, 0.2) is 0 Å². The third-order valence-electron chi connectivity index (χ3n) is 11.4. The number of benzene rings is 3. The van der Waals surface area contributed by atoms with Crippen LogP contribution in [0.4, 0.5) is 0 Å². The Balaban J connectivity index is 0.00000164. The molecule has 0 spiro atoms. The fourth-order valence-corrected chi connectivity index (χ4v) is 7.89. The predicted octanol–water partition coefficient (Wildman–Crippen LogP) is -0.799. The number of aliphatic hydroxyl groups excluding tert-OH is 3. The van der Waals surface area contributed by atoms with Crippen LogP contribution in [0.5, 0.6) is 0 Å². The van der Waals surface area contributed by atoms with Gasteiger partial charge in [0.25, 0.3) is 5.97 Å². The molecule has 430 valence electrons. The maximum absolute atomic E-state index is 14.4. The summed E-state index contributed by atoms with van der Waals surface area (Å²) in [7, 11) is 0. The molecule has 0 radical (unpaired) electrons. The first-order valence-corrected chi connectivity index (χ1v) is 26.2. The molecule has 7 amide bonds. The van der Waals surface area contributed by atoms with E-state index in [0.717, 1.165) is 24.2 Å². The molecule has 23 nitrogen and oxygen atoms in total. The molecular formula is C53H78N10O13S2. The number of amides is 7. The summed E-state index contributed by atoms with van der Waals surface area (Å²) >= 11 is 8.27. The van der Waals surface area contributed by atoms with Crippen molar-refractivity contribution in [1.82, 2.24) is 42.2 Å². The molecule has 1 heterocycles. The number of carboxylic acids is 1. The largest absolute Gasteiger partial charge is 0.481 e. The van der Waals surface area contributed by atoms with Crippen LogP contribution >= 0.6 is 25.3 Å². The smallest absolute Gasteiger partial charge is 0.300 e. The topological polar surface area (TPSA) is 387 Å². The maximum atomic E-state index is 14.4. The van der Waals surface area contributed by atoms with Gasteiger partial charge < -0.3 is 78.9 Å². The van der Waals surface area contributed by atoms with E-state index < -0.39 is 103 Å². The van der Waals surface area contributed by atoms with Crippen LogP contribution in [0.1, 0.15) is 63.6 Å². The highest BCUT2D eigenvalue weighted by atomic mass is 32.1. The number of unbranched alkanes of at least 4 members (excludes halogenated alkanes) is 1. The molecule has 16 N–H and O–H groups in total. The molecule has 4 rings (SSSR count). The summed E-state index contributed by atoms with van der Waals surface area (Å²) in [6.45, 7) is 7.38. The fourth-order valence-electron chi connectivity index (χ4n) is 7.36. The van der Waals surface area contributed by atoms with Crippen molar-refractivity contribution in [2.24, 2.45) is 11.5 Å². The van der Waals surface area contributed by atoms with Gasteiger partial charge in [-0.15, -0.1) is 0 Å². The molecule has 0 aliphatic heterocycles. The number of H-pyrrole nitrogens is 1. The number of fused-ring (bicyclic) bond motifs is 1. The Bertz CT molecular complexity index is 2430. The highest BCUT2D eigenvalue weighted by molar-refractivity contribution is 7.80. The summed E-state index contributed by atoms with van der Waals surface area (Å²) in [6.07, 6.45) is 1.16. The van der Waals surface area contributed by atoms with Crippen molar-refractivity contribution in [2.45, 2.75) is 127 Å². The van der Waals surface area contributed by atoms with Crippen LogP contribution in [-0.2, 0) is 62.4 Å². The van der Waals surface area contributed by atoms with E-state index in [4.69, 9.17) is 26.2 Å². The van der Waals surface area contributed by atoms with Gasteiger partial charge in [-0.3, -0.25) is 38.4 Å². The number of aromatic nitrogens is 1. The monoisotopic (exact) mass is 1130 g/mol. The Morgan fingerprint density at radius 2 is 1.09 bits per heavy atom. The summed E-state index contributed by atoms with van der Waals surface area (Å²) in [5.41, 5.74) is 14.8. The summed E-state index contributed by atoms with van der Waals surface area (Å²) in [5, 5.41) is 56.0. The number of nitrogens with two attached hydrogens (primary N) is 2. The van der Waals surface area contributed by atoms with Crippen LogP contribution in [0.2, 0.25) is 0 Å². The van der Waals surface area contributed by atoms with Gasteiger partial charge in [-0.25, -0.2) is 0 Å². The van der Waals surface area contributed by atoms with Crippen molar-refractivity contribution >= 4 is 90.8 Å². The van der Waals surface area contributed by atoms with Gasteiger partial charge in [-0.1, -0.05) is 78.9 Å². The summed E-state index contributed by atoms with van der Waals surface area (Å²) in [4.78, 5) is 113. The number of carboxylic acid groups (broad SMARTS) is 1. The molecule has 8 unspecified atom stereocenters. The average Bonchev–Trinajstić information content (AvgIpc) is 3.82. The average molecular weight is 1130 g/mol. The number of nitrogens with one attached hydrogen (secondary N) is 8. The van der Waals surface area contributed by atoms with E-state index in [1.807, 2.05) is 56.2 Å². The molecule has 0 aliphatic carbocycles. The van der Waals surface area contributed by atoms with Crippen LogP contribution in [0.15, 0.2) is 91.1 Å². The van der Waals surface area contributed by atoms with Crippen molar-refractivity contribution in [2.75, 3.05) is 24.7 Å². The second-order valence-corrected chi connectivity index (χ2v) is 18.7. The number of hydrogen-bond acceptors (Lipinski definition) is 16. The first-order chi connectivity index (χ1) is 37.2. The van der Waals surface area contributed by atoms with Crippen LogP contribution < -0.4 is 48.7 Å². The number of carbonyl (C=O) groups is 9. The van der Waals surface area contributed by atoms with Crippen LogP contribution in [-0.4, -0.2) is 165 Å². The lowest BCUT2D eigenvalue weighted by molar-refractivity contribution is -0.136. The minimum Gasteiger partial charge on any atom is -0.481 e. The molecular weight excluding hydrogens is 1050 g/mol. The maximum Gasteiger partial charge on any atom is 0.300 e. The molecule has 3 aromatic carbocycles. The molecule has 0 saturated heterocycles. The van der Waals surface area contributed by atoms with Crippen molar-refractivity contribution < 1.29 is 63.6 Å². The van der Waals surface area contributed by atoms with E-state index in [0.29, 0.717) is 30.4 Å². The normalized spacial score (nSPS) is 14.4.